The van der Waals surface area contributed by atoms with Crippen LogP contribution in [-0.2, 0) is 0 Å². The Kier molecular flexibility index (Phi) is 3.88. The summed E-state index contributed by atoms with van der Waals surface area (Å²) in [6.45, 7) is -0.357. The fourth-order valence-corrected chi connectivity index (χ4v) is 2.21. The van der Waals surface area contributed by atoms with Crippen molar-refractivity contribution < 1.29 is 31.8 Å². The maximum absolute atomic E-state index is 13.4. The van der Waals surface area contributed by atoms with E-state index < -0.39 is 46.5 Å². The minimum Gasteiger partial charge on any atom is -0.484 e. The lowest BCUT2D eigenvalue weighted by atomic mass is 10.0. The second-order valence-corrected chi connectivity index (χ2v) is 4.90. The summed E-state index contributed by atoms with van der Waals surface area (Å²) in [5, 5.41) is 9.04. The molecule has 20 heavy (non-hydrogen) atoms. The Morgan fingerprint density at radius 2 is 1.55 bits per heavy atom. The van der Waals surface area contributed by atoms with Crippen molar-refractivity contribution in [2.24, 2.45) is 5.73 Å². The predicted molar refractivity (Wildman–Crippen MR) is 58.5 cm³/mol. The number of halogens is 5. The van der Waals surface area contributed by atoms with Gasteiger partial charge in [0.25, 0.3) is 0 Å². The summed E-state index contributed by atoms with van der Waals surface area (Å²) in [7, 11) is 0. The molecule has 1 aliphatic carbocycles. The molecule has 0 spiro atoms. The molecular formula is C12H12F5NO2. The Morgan fingerprint density at radius 3 is 2.00 bits per heavy atom. The van der Waals surface area contributed by atoms with Crippen LogP contribution in [0.15, 0.2) is 0 Å². The number of ether oxygens (including phenoxy) is 1. The fourth-order valence-electron chi connectivity index (χ4n) is 2.21. The van der Waals surface area contributed by atoms with Gasteiger partial charge in [-0.15, -0.1) is 0 Å². The minimum atomic E-state index is -2.23. The Morgan fingerprint density at radius 1 is 1.05 bits per heavy atom. The van der Waals surface area contributed by atoms with E-state index in [1.54, 1.807) is 0 Å². The third-order valence-corrected chi connectivity index (χ3v) is 3.37. The average Bonchev–Trinajstić information content (AvgIpc) is 2.81. The third kappa shape index (κ3) is 2.45. The van der Waals surface area contributed by atoms with E-state index >= 15 is 0 Å². The van der Waals surface area contributed by atoms with Crippen LogP contribution in [0.25, 0.3) is 0 Å². The molecule has 0 saturated heterocycles. The van der Waals surface area contributed by atoms with Gasteiger partial charge in [-0.1, -0.05) is 0 Å². The predicted octanol–water partition coefficient (Wildman–Crippen LogP) is 2.00. The molecule has 1 aromatic rings. The lowest BCUT2D eigenvalue weighted by Crippen LogP contribution is -2.41. The molecular weight excluding hydrogens is 285 g/mol. The van der Waals surface area contributed by atoms with Gasteiger partial charge in [0.2, 0.25) is 29.1 Å². The zero-order chi connectivity index (χ0) is 15.1. The van der Waals surface area contributed by atoms with Crippen LogP contribution in [0, 0.1) is 29.1 Å². The molecule has 1 fully saturated rings. The third-order valence-electron chi connectivity index (χ3n) is 3.37. The summed E-state index contributed by atoms with van der Waals surface area (Å²) < 4.78 is 70.5. The highest BCUT2D eigenvalue weighted by atomic mass is 19.2. The van der Waals surface area contributed by atoms with Crippen molar-refractivity contribution in [2.45, 2.75) is 30.9 Å². The number of aliphatic hydroxyl groups excluding tert-OH is 1. The summed E-state index contributed by atoms with van der Waals surface area (Å²) in [6, 6.07) is 0. The van der Waals surface area contributed by atoms with Gasteiger partial charge in [-0.05, 0) is 12.8 Å². The Balaban J connectivity index is 2.27. The van der Waals surface area contributed by atoms with Crippen LogP contribution in [-0.4, -0.2) is 23.4 Å². The summed E-state index contributed by atoms with van der Waals surface area (Å²) >= 11 is 0. The van der Waals surface area contributed by atoms with E-state index in [0.29, 0.717) is 6.42 Å². The van der Waals surface area contributed by atoms with Gasteiger partial charge in [-0.25, -0.2) is 13.2 Å². The van der Waals surface area contributed by atoms with Crippen molar-refractivity contribution in [3.8, 4) is 5.75 Å². The summed E-state index contributed by atoms with van der Waals surface area (Å²) in [4.78, 5) is 0. The number of hydrogen-bond donors (Lipinski definition) is 2. The number of hydrogen-bond acceptors (Lipinski definition) is 3. The summed E-state index contributed by atoms with van der Waals surface area (Å²) in [6.07, 6.45) is -0.191. The SMILES string of the molecule is NC1(CO)CCC(Oc2c(F)c(F)c(F)c(F)c2F)C1. The molecule has 0 aliphatic heterocycles. The van der Waals surface area contributed by atoms with Crippen LogP contribution in [0.5, 0.6) is 5.75 Å². The topological polar surface area (TPSA) is 55.5 Å². The first-order chi connectivity index (χ1) is 9.29. The first-order valence-corrected chi connectivity index (χ1v) is 5.87. The van der Waals surface area contributed by atoms with Gasteiger partial charge in [0.15, 0.2) is 5.75 Å². The van der Waals surface area contributed by atoms with Crippen LogP contribution < -0.4 is 10.5 Å². The second kappa shape index (κ2) is 5.17. The van der Waals surface area contributed by atoms with Crippen molar-refractivity contribution in [2.75, 3.05) is 6.61 Å². The van der Waals surface area contributed by atoms with Crippen molar-refractivity contribution >= 4 is 0 Å². The van der Waals surface area contributed by atoms with Gasteiger partial charge in [0.1, 0.15) is 6.10 Å². The highest BCUT2D eigenvalue weighted by Crippen LogP contribution is 2.35. The molecule has 0 heterocycles. The quantitative estimate of drug-likeness (QED) is 0.510. The zero-order valence-electron chi connectivity index (χ0n) is 10.2. The van der Waals surface area contributed by atoms with Crippen LogP contribution in [0.3, 0.4) is 0 Å². The van der Waals surface area contributed by atoms with E-state index in [1.807, 2.05) is 0 Å². The van der Waals surface area contributed by atoms with Crippen molar-refractivity contribution in [3.05, 3.63) is 29.1 Å². The molecule has 1 aliphatic rings. The number of benzene rings is 1. The molecule has 0 aromatic heterocycles. The van der Waals surface area contributed by atoms with Gasteiger partial charge in [-0.2, -0.15) is 8.78 Å². The van der Waals surface area contributed by atoms with Gasteiger partial charge in [-0.3, -0.25) is 0 Å². The number of nitrogens with two attached hydrogens (primary N) is 1. The monoisotopic (exact) mass is 297 g/mol. The molecule has 2 atom stereocenters. The highest BCUT2D eigenvalue weighted by Gasteiger charge is 2.38. The molecule has 3 N–H and O–H groups in total. The normalized spacial score (nSPS) is 26.1. The van der Waals surface area contributed by atoms with E-state index in [-0.39, 0.29) is 19.4 Å². The van der Waals surface area contributed by atoms with Crippen molar-refractivity contribution in [1.29, 1.82) is 0 Å². The molecule has 2 unspecified atom stereocenters. The minimum absolute atomic E-state index is 0.0585. The standard InChI is InChI=1S/C12H12F5NO2/c13-6-7(14)9(16)11(10(17)8(6)15)20-5-1-2-12(18,3-5)4-19/h5,19H,1-4,18H2. The molecule has 8 heteroatoms. The van der Waals surface area contributed by atoms with E-state index in [2.05, 4.69) is 0 Å². The van der Waals surface area contributed by atoms with Crippen LogP contribution in [0.4, 0.5) is 22.0 Å². The van der Waals surface area contributed by atoms with Gasteiger partial charge in [0.05, 0.1) is 6.61 Å². The fraction of sp³-hybridized carbons (Fsp3) is 0.500. The largest absolute Gasteiger partial charge is 0.484 e. The molecule has 2 rings (SSSR count). The molecule has 3 nitrogen and oxygen atoms in total. The maximum Gasteiger partial charge on any atom is 0.207 e. The van der Waals surface area contributed by atoms with E-state index in [0.717, 1.165) is 0 Å². The lowest BCUT2D eigenvalue weighted by molar-refractivity contribution is 0.154. The number of aliphatic hydroxyl groups is 1. The summed E-state index contributed by atoms with van der Waals surface area (Å²) in [5.74, 6) is -11.7. The van der Waals surface area contributed by atoms with E-state index in [1.165, 1.54) is 0 Å². The lowest BCUT2D eigenvalue weighted by Gasteiger charge is -2.21. The van der Waals surface area contributed by atoms with Crippen molar-refractivity contribution in [3.63, 3.8) is 0 Å². The smallest absolute Gasteiger partial charge is 0.207 e. The molecule has 112 valence electrons. The summed E-state index contributed by atoms with van der Waals surface area (Å²) in [5.41, 5.74) is 4.77. The Hall–Kier alpha value is -1.41. The van der Waals surface area contributed by atoms with Gasteiger partial charge >= 0.3 is 0 Å². The maximum atomic E-state index is 13.4. The van der Waals surface area contributed by atoms with Crippen LogP contribution in [0.2, 0.25) is 0 Å². The van der Waals surface area contributed by atoms with Gasteiger partial charge in [0, 0.05) is 12.0 Å². The molecule has 1 saturated carbocycles. The molecule has 0 bridgehead atoms. The molecule has 1 aromatic carbocycles. The van der Waals surface area contributed by atoms with Crippen LogP contribution >= 0.6 is 0 Å². The van der Waals surface area contributed by atoms with Crippen molar-refractivity contribution in [1.82, 2.24) is 0 Å². The average molecular weight is 297 g/mol. The highest BCUT2D eigenvalue weighted by molar-refractivity contribution is 5.30. The van der Waals surface area contributed by atoms with E-state index in [9.17, 15) is 22.0 Å². The molecule has 0 radical (unpaired) electrons. The Bertz CT molecular complexity index is 510. The van der Waals surface area contributed by atoms with Gasteiger partial charge < -0.3 is 15.6 Å². The molecule has 0 amide bonds. The first kappa shape index (κ1) is 15.0. The number of rotatable bonds is 3. The zero-order valence-corrected chi connectivity index (χ0v) is 10.2. The van der Waals surface area contributed by atoms with E-state index in [4.69, 9.17) is 15.6 Å². The van der Waals surface area contributed by atoms with Crippen LogP contribution in [0.1, 0.15) is 19.3 Å². The second-order valence-electron chi connectivity index (χ2n) is 4.90. The Labute approximate surface area is 111 Å². The first-order valence-electron chi connectivity index (χ1n) is 5.87.